The van der Waals surface area contributed by atoms with E-state index >= 15 is 0 Å². The second-order valence-electron chi connectivity index (χ2n) is 8.61. The van der Waals surface area contributed by atoms with Gasteiger partial charge in [0.05, 0.1) is 11.9 Å². The predicted molar refractivity (Wildman–Crippen MR) is 92.0 cm³/mol. The van der Waals surface area contributed by atoms with Gasteiger partial charge in [0.1, 0.15) is 0 Å². The van der Waals surface area contributed by atoms with E-state index in [0.717, 1.165) is 31.3 Å². The first kappa shape index (κ1) is 16.8. The van der Waals surface area contributed by atoms with Gasteiger partial charge in [-0.25, -0.2) is 0 Å². The Balaban J connectivity index is 2.25. The molecule has 1 saturated carbocycles. The molecule has 1 unspecified atom stereocenters. The van der Waals surface area contributed by atoms with Gasteiger partial charge < -0.3 is 9.53 Å². The fourth-order valence-electron chi connectivity index (χ4n) is 3.77. The van der Waals surface area contributed by atoms with Crippen molar-refractivity contribution in [2.75, 3.05) is 0 Å². The molecule has 3 heteroatoms. The van der Waals surface area contributed by atoms with Crippen LogP contribution in [0.2, 0.25) is 18.1 Å². The molecule has 0 heterocycles. The van der Waals surface area contributed by atoms with E-state index in [0.29, 0.717) is 17.8 Å². The minimum Gasteiger partial charge on any atom is -0.512 e. The first-order valence-corrected chi connectivity index (χ1v) is 11.2. The lowest BCUT2D eigenvalue weighted by atomic mass is 9.67. The summed E-state index contributed by atoms with van der Waals surface area (Å²) in [5, 5.41) is 10.4. The standard InChI is InChI=1S/C18H32O2Si/c1-8-13-14-9-10-16(18(14,5)12-11-15(13)19)20-21(6,7)17(2,3)4/h8,14,16,19H,1,9-12H2,2-7H3/t14-,16?,18-/m0/s1. The molecular formula is C18H32O2Si. The van der Waals surface area contributed by atoms with Gasteiger partial charge >= 0.3 is 0 Å². The van der Waals surface area contributed by atoms with E-state index < -0.39 is 8.32 Å². The van der Waals surface area contributed by atoms with Crippen LogP contribution in [-0.2, 0) is 4.43 Å². The zero-order valence-corrected chi connectivity index (χ0v) is 15.6. The molecule has 2 rings (SSSR count). The highest BCUT2D eigenvalue weighted by atomic mass is 28.4. The summed E-state index contributed by atoms with van der Waals surface area (Å²) in [5.41, 5.74) is 1.23. The Labute approximate surface area is 131 Å². The summed E-state index contributed by atoms with van der Waals surface area (Å²) in [6.45, 7) is 17.9. The number of allylic oxidation sites excluding steroid dienone is 3. The van der Waals surface area contributed by atoms with Crippen LogP contribution in [0.4, 0.5) is 0 Å². The van der Waals surface area contributed by atoms with E-state index in [-0.39, 0.29) is 10.5 Å². The molecule has 2 nitrogen and oxygen atoms in total. The van der Waals surface area contributed by atoms with Crippen LogP contribution in [0.15, 0.2) is 24.0 Å². The van der Waals surface area contributed by atoms with Gasteiger partial charge in [-0.2, -0.15) is 0 Å². The van der Waals surface area contributed by atoms with Gasteiger partial charge in [-0.1, -0.05) is 40.3 Å². The third-order valence-corrected chi connectivity index (χ3v) is 10.8. The summed E-state index contributed by atoms with van der Waals surface area (Å²) in [6.07, 6.45) is 6.21. The third kappa shape index (κ3) is 2.75. The minimum absolute atomic E-state index is 0.158. The monoisotopic (exact) mass is 308 g/mol. The molecule has 0 aliphatic heterocycles. The second-order valence-corrected chi connectivity index (χ2v) is 13.4. The van der Waals surface area contributed by atoms with Gasteiger partial charge in [0.15, 0.2) is 8.32 Å². The van der Waals surface area contributed by atoms with Crippen LogP contribution in [-0.4, -0.2) is 19.5 Å². The first-order chi connectivity index (χ1) is 9.53. The van der Waals surface area contributed by atoms with Crippen LogP contribution in [0.3, 0.4) is 0 Å². The Bertz CT molecular complexity index is 458. The number of aliphatic hydroxyl groups excluding tert-OH is 1. The molecule has 0 spiro atoms. The van der Waals surface area contributed by atoms with E-state index in [1.807, 2.05) is 6.08 Å². The quantitative estimate of drug-likeness (QED) is 0.689. The van der Waals surface area contributed by atoms with Gasteiger partial charge in [-0.05, 0) is 54.3 Å². The molecule has 21 heavy (non-hydrogen) atoms. The van der Waals surface area contributed by atoms with Gasteiger partial charge in [-0.3, -0.25) is 0 Å². The Morgan fingerprint density at radius 1 is 1.33 bits per heavy atom. The number of aliphatic hydroxyl groups is 1. The fraction of sp³-hybridized carbons (Fsp3) is 0.778. The van der Waals surface area contributed by atoms with Gasteiger partial charge in [-0.15, -0.1) is 0 Å². The SMILES string of the molecule is C=CC1=C(O)CC[C@]2(C)C(O[Si](C)(C)C(C)(C)C)CC[C@@H]12. The molecular weight excluding hydrogens is 276 g/mol. The Morgan fingerprint density at radius 3 is 2.48 bits per heavy atom. The second kappa shape index (κ2) is 5.27. The molecule has 0 bridgehead atoms. The van der Waals surface area contributed by atoms with Crippen molar-refractivity contribution in [1.29, 1.82) is 0 Å². The number of fused-ring (bicyclic) bond motifs is 1. The molecule has 3 atom stereocenters. The van der Waals surface area contributed by atoms with Crippen molar-refractivity contribution in [3.05, 3.63) is 24.0 Å². The van der Waals surface area contributed by atoms with Crippen molar-refractivity contribution in [3.8, 4) is 0 Å². The van der Waals surface area contributed by atoms with E-state index in [2.05, 4.69) is 47.4 Å². The predicted octanol–water partition coefficient (Wildman–Crippen LogP) is 5.59. The van der Waals surface area contributed by atoms with Crippen LogP contribution >= 0.6 is 0 Å². The molecule has 120 valence electrons. The van der Waals surface area contributed by atoms with Crippen molar-refractivity contribution in [2.45, 2.75) is 77.6 Å². The summed E-state index contributed by atoms with van der Waals surface area (Å²) in [4.78, 5) is 0. The van der Waals surface area contributed by atoms with Crippen LogP contribution in [0.1, 0.15) is 53.4 Å². The molecule has 2 aliphatic carbocycles. The highest BCUT2D eigenvalue weighted by Crippen LogP contribution is 2.56. The van der Waals surface area contributed by atoms with E-state index in [9.17, 15) is 5.11 Å². The Hall–Kier alpha value is -0.543. The maximum atomic E-state index is 10.2. The maximum Gasteiger partial charge on any atom is 0.192 e. The summed E-state index contributed by atoms with van der Waals surface area (Å²) in [5.74, 6) is 0.971. The average molecular weight is 309 g/mol. The summed E-state index contributed by atoms with van der Waals surface area (Å²) in [6, 6.07) is 0. The maximum absolute atomic E-state index is 10.2. The van der Waals surface area contributed by atoms with Crippen LogP contribution in [0.25, 0.3) is 0 Å². The van der Waals surface area contributed by atoms with Gasteiger partial charge in [0.2, 0.25) is 0 Å². The lowest BCUT2D eigenvalue weighted by Gasteiger charge is -2.46. The Kier molecular flexibility index (Phi) is 4.22. The molecule has 0 amide bonds. The van der Waals surface area contributed by atoms with E-state index in [1.165, 1.54) is 0 Å². The molecule has 1 fully saturated rings. The van der Waals surface area contributed by atoms with Crippen LogP contribution < -0.4 is 0 Å². The summed E-state index contributed by atoms with van der Waals surface area (Å²) >= 11 is 0. The highest BCUT2D eigenvalue weighted by Gasteiger charge is 2.53. The lowest BCUT2D eigenvalue weighted by molar-refractivity contribution is 0.0407. The normalized spacial score (nSPS) is 34.0. The van der Waals surface area contributed by atoms with Crippen LogP contribution in [0.5, 0.6) is 0 Å². The minimum atomic E-state index is -1.75. The molecule has 0 radical (unpaired) electrons. The average Bonchev–Trinajstić information content (AvgIpc) is 2.66. The zero-order chi connectivity index (χ0) is 16.1. The van der Waals surface area contributed by atoms with Crippen molar-refractivity contribution in [3.63, 3.8) is 0 Å². The number of hydrogen-bond donors (Lipinski definition) is 1. The molecule has 0 aromatic rings. The fourth-order valence-corrected chi connectivity index (χ4v) is 5.22. The molecule has 2 aliphatic rings. The molecule has 0 saturated heterocycles. The number of rotatable bonds is 3. The van der Waals surface area contributed by atoms with Crippen LogP contribution in [0, 0.1) is 11.3 Å². The summed E-state index contributed by atoms with van der Waals surface area (Å²) in [7, 11) is -1.75. The smallest absolute Gasteiger partial charge is 0.192 e. The molecule has 0 aromatic heterocycles. The van der Waals surface area contributed by atoms with Crippen molar-refractivity contribution in [1.82, 2.24) is 0 Å². The van der Waals surface area contributed by atoms with Gasteiger partial charge in [0, 0.05) is 6.42 Å². The van der Waals surface area contributed by atoms with Gasteiger partial charge in [0.25, 0.3) is 0 Å². The summed E-state index contributed by atoms with van der Waals surface area (Å²) < 4.78 is 6.76. The zero-order valence-electron chi connectivity index (χ0n) is 14.6. The number of hydrogen-bond acceptors (Lipinski definition) is 2. The lowest BCUT2D eigenvalue weighted by Crippen LogP contribution is -2.48. The van der Waals surface area contributed by atoms with Crippen molar-refractivity contribution >= 4 is 8.32 Å². The third-order valence-electron chi connectivity index (χ3n) is 6.32. The Morgan fingerprint density at radius 2 is 1.95 bits per heavy atom. The molecule has 0 aromatic carbocycles. The van der Waals surface area contributed by atoms with Crippen molar-refractivity contribution in [2.24, 2.45) is 11.3 Å². The van der Waals surface area contributed by atoms with Crippen molar-refractivity contribution < 1.29 is 9.53 Å². The first-order valence-electron chi connectivity index (χ1n) is 8.25. The topological polar surface area (TPSA) is 29.5 Å². The van der Waals surface area contributed by atoms with E-state index in [1.54, 1.807) is 0 Å². The largest absolute Gasteiger partial charge is 0.512 e. The molecule has 1 N–H and O–H groups in total. The highest BCUT2D eigenvalue weighted by molar-refractivity contribution is 6.74. The van der Waals surface area contributed by atoms with E-state index in [4.69, 9.17) is 4.43 Å².